The third-order valence-corrected chi connectivity index (χ3v) is 10.7. The highest BCUT2D eigenvalue weighted by Gasteiger charge is 2.20. The van der Waals surface area contributed by atoms with E-state index in [9.17, 15) is 0 Å². The van der Waals surface area contributed by atoms with E-state index in [1.54, 1.807) is 0 Å². The van der Waals surface area contributed by atoms with Crippen LogP contribution in [0.15, 0.2) is 199 Å². The van der Waals surface area contributed by atoms with Gasteiger partial charge < -0.3 is 8.98 Å². The lowest BCUT2D eigenvalue weighted by Crippen LogP contribution is -2.02. The minimum atomic E-state index is 0.595. The highest BCUT2D eigenvalue weighted by atomic mass is 16.3. The Morgan fingerprint density at radius 1 is 0.339 bits per heavy atom. The molecule has 0 N–H and O–H groups in total. The lowest BCUT2D eigenvalue weighted by atomic mass is 9.99. The van der Waals surface area contributed by atoms with Crippen LogP contribution in [-0.4, -0.2) is 19.5 Å². The maximum absolute atomic E-state index is 6.18. The van der Waals surface area contributed by atoms with Crippen molar-refractivity contribution in [3.8, 4) is 62.1 Å². The second kappa shape index (κ2) is 13.0. The monoisotopic (exact) mass is 716 g/mol. The zero-order valence-corrected chi connectivity index (χ0v) is 30.2. The molecule has 0 fully saturated rings. The standard InChI is InChI=1S/C51H32N4O/c1-3-12-33(13-4-1)34-22-24-35(25-23-34)36-26-28-37(29-27-36)49-52-50(38-30-31-47-44(32-38)41-17-8-10-21-46(41)56-47)54-51(53-49)43-19-11-18-42-40-16-7-9-20-45(40)55(48(42)43)39-14-5-2-6-15-39/h1-32H. The average Bonchev–Trinajstić information content (AvgIpc) is 3.83. The van der Waals surface area contributed by atoms with E-state index in [1.807, 2.05) is 42.5 Å². The number of nitrogens with zero attached hydrogens (tertiary/aromatic N) is 4. The van der Waals surface area contributed by atoms with Crippen molar-refractivity contribution < 1.29 is 4.42 Å². The van der Waals surface area contributed by atoms with Crippen LogP contribution in [0, 0.1) is 0 Å². The van der Waals surface area contributed by atoms with Gasteiger partial charge in [0.1, 0.15) is 11.2 Å². The van der Waals surface area contributed by atoms with Gasteiger partial charge in [0.15, 0.2) is 17.5 Å². The van der Waals surface area contributed by atoms with Gasteiger partial charge in [0.25, 0.3) is 0 Å². The van der Waals surface area contributed by atoms with Gasteiger partial charge in [-0.25, -0.2) is 15.0 Å². The molecule has 3 heterocycles. The van der Waals surface area contributed by atoms with E-state index in [-0.39, 0.29) is 0 Å². The smallest absolute Gasteiger partial charge is 0.166 e. The summed E-state index contributed by atoms with van der Waals surface area (Å²) < 4.78 is 8.51. The summed E-state index contributed by atoms with van der Waals surface area (Å²) in [7, 11) is 0. The molecule has 0 spiro atoms. The van der Waals surface area contributed by atoms with E-state index in [1.165, 1.54) is 16.5 Å². The van der Waals surface area contributed by atoms with E-state index in [4.69, 9.17) is 19.4 Å². The van der Waals surface area contributed by atoms with Crippen LogP contribution in [0.2, 0.25) is 0 Å². The van der Waals surface area contributed by atoms with Gasteiger partial charge in [0, 0.05) is 43.9 Å². The molecule has 3 aromatic heterocycles. The van der Waals surface area contributed by atoms with Crippen molar-refractivity contribution >= 4 is 43.7 Å². The first-order valence-electron chi connectivity index (χ1n) is 18.8. The van der Waals surface area contributed by atoms with Gasteiger partial charge in [-0.05, 0) is 70.8 Å². The van der Waals surface area contributed by atoms with E-state index in [0.29, 0.717) is 17.5 Å². The summed E-state index contributed by atoms with van der Waals surface area (Å²) in [6.45, 7) is 0. The molecule has 0 saturated carbocycles. The molecule has 0 unspecified atom stereocenters. The zero-order valence-electron chi connectivity index (χ0n) is 30.2. The van der Waals surface area contributed by atoms with E-state index in [0.717, 1.165) is 71.9 Å². The normalized spacial score (nSPS) is 11.6. The molecule has 0 atom stereocenters. The predicted octanol–water partition coefficient (Wildman–Crippen LogP) is 13.2. The zero-order chi connectivity index (χ0) is 37.0. The molecule has 0 bridgehead atoms. The number of fused-ring (bicyclic) bond motifs is 6. The summed E-state index contributed by atoms with van der Waals surface area (Å²) >= 11 is 0. The average molecular weight is 717 g/mol. The van der Waals surface area contributed by atoms with Crippen molar-refractivity contribution in [3.05, 3.63) is 194 Å². The molecule has 56 heavy (non-hydrogen) atoms. The molecular weight excluding hydrogens is 685 g/mol. The van der Waals surface area contributed by atoms with Crippen LogP contribution >= 0.6 is 0 Å². The third kappa shape index (κ3) is 5.37. The topological polar surface area (TPSA) is 56.7 Å². The third-order valence-electron chi connectivity index (χ3n) is 10.7. The van der Waals surface area contributed by atoms with E-state index < -0.39 is 0 Å². The van der Waals surface area contributed by atoms with Gasteiger partial charge in [-0.1, -0.05) is 146 Å². The molecule has 11 aromatic rings. The van der Waals surface area contributed by atoms with Crippen molar-refractivity contribution in [3.63, 3.8) is 0 Å². The summed E-state index contributed by atoms with van der Waals surface area (Å²) in [4.78, 5) is 15.7. The Bertz CT molecular complexity index is 3220. The van der Waals surface area contributed by atoms with Crippen LogP contribution in [0.1, 0.15) is 0 Å². The molecule has 0 aliphatic carbocycles. The fourth-order valence-corrected chi connectivity index (χ4v) is 7.96. The number of benzene rings is 8. The highest BCUT2D eigenvalue weighted by Crippen LogP contribution is 2.39. The molecule has 11 rings (SSSR count). The molecule has 5 heteroatoms. The second-order valence-corrected chi connectivity index (χ2v) is 14.0. The van der Waals surface area contributed by atoms with Gasteiger partial charge >= 0.3 is 0 Å². The van der Waals surface area contributed by atoms with Crippen LogP contribution in [0.4, 0.5) is 0 Å². The van der Waals surface area contributed by atoms with Crippen molar-refractivity contribution in [1.29, 1.82) is 0 Å². The van der Waals surface area contributed by atoms with Crippen molar-refractivity contribution in [2.45, 2.75) is 0 Å². The molecule has 262 valence electrons. The number of para-hydroxylation sites is 4. The first-order chi connectivity index (χ1) is 27.7. The largest absolute Gasteiger partial charge is 0.456 e. The molecule has 8 aromatic carbocycles. The van der Waals surface area contributed by atoms with Crippen LogP contribution < -0.4 is 0 Å². The summed E-state index contributed by atoms with van der Waals surface area (Å²) in [6, 6.07) is 67.5. The van der Waals surface area contributed by atoms with Crippen LogP contribution in [0.3, 0.4) is 0 Å². The van der Waals surface area contributed by atoms with Gasteiger partial charge in [0.2, 0.25) is 0 Å². The lowest BCUT2D eigenvalue weighted by Gasteiger charge is -2.13. The summed E-state index contributed by atoms with van der Waals surface area (Å²) in [5.74, 6) is 1.80. The number of aromatic nitrogens is 4. The molecule has 0 aliphatic rings. The summed E-state index contributed by atoms with van der Waals surface area (Å²) in [5, 5.41) is 4.39. The van der Waals surface area contributed by atoms with E-state index in [2.05, 4.69) is 156 Å². The van der Waals surface area contributed by atoms with Crippen LogP contribution in [-0.2, 0) is 0 Å². The molecule has 0 aliphatic heterocycles. The number of hydrogen-bond acceptors (Lipinski definition) is 4. The Morgan fingerprint density at radius 2 is 0.857 bits per heavy atom. The van der Waals surface area contributed by atoms with Gasteiger partial charge in [-0.15, -0.1) is 0 Å². The lowest BCUT2D eigenvalue weighted by molar-refractivity contribution is 0.669. The fourth-order valence-electron chi connectivity index (χ4n) is 7.96. The van der Waals surface area contributed by atoms with Crippen molar-refractivity contribution in [2.75, 3.05) is 0 Å². The first-order valence-corrected chi connectivity index (χ1v) is 18.8. The number of hydrogen-bond donors (Lipinski definition) is 0. The summed E-state index contributed by atoms with van der Waals surface area (Å²) in [6.07, 6.45) is 0. The molecule has 0 radical (unpaired) electrons. The highest BCUT2D eigenvalue weighted by molar-refractivity contribution is 6.13. The Kier molecular flexibility index (Phi) is 7.42. The Balaban J connectivity index is 1.09. The second-order valence-electron chi connectivity index (χ2n) is 14.0. The Hall–Kier alpha value is -7.63. The van der Waals surface area contributed by atoms with Gasteiger partial charge in [0.05, 0.1) is 11.0 Å². The molecule has 0 saturated heterocycles. The number of rotatable bonds is 6. The maximum atomic E-state index is 6.18. The Labute approximate surface area is 322 Å². The first kappa shape index (κ1) is 31.9. The molecule has 5 nitrogen and oxygen atoms in total. The Morgan fingerprint density at radius 3 is 1.59 bits per heavy atom. The van der Waals surface area contributed by atoms with Crippen LogP contribution in [0.5, 0.6) is 0 Å². The van der Waals surface area contributed by atoms with Gasteiger partial charge in [-0.2, -0.15) is 0 Å². The predicted molar refractivity (Wildman–Crippen MR) is 229 cm³/mol. The quantitative estimate of drug-likeness (QED) is 0.172. The van der Waals surface area contributed by atoms with Crippen LogP contribution in [0.25, 0.3) is 106 Å². The molecular formula is C51H32N4O. The van der Waals surface area contributed by atoms with Crippen molar-refractivity contribution in [2.24, 2.45) is 0 Å². The SMILES string of the molecule is c1ccc(-c2ccc(-c3ccc(-c4nc(-c5ccc6oc7ccccc7c6c5)nc(-c5cccc6c7ccccc7n(-c7ccccc7)c56)n4)cc3)cc2)cc1. The molecule has 0 amide bonds. The number of furan rings is 1. The minimum Gasteiger partial charge on any atom is -0.456 e. The summed E-state index contributed by atoms with van der Waals surface area (Å²) in [5.41, 5.74) is 12.3. The maximum Gasteiger partial charge on any atom is 0.166 e. The van der Waals surface area contributed by atoms with Gasteiger partial charge in [-0.3, -0.25) is 0 Å². The van der Waals surface area contributed by atoms with Crippen molar-refractivity contribution in [1.82, 2.24) is 19.5 Å². The fraction of sp³-hybridized carbons (Fsp3) is 0. The minimum absolute atomic E-state index is 0.595. The van der Waals surface area contributed by atoms with E-state index >= 15 is 0 Å².